The van der Waals surface area contributed by atoms with Crippen LogP contribution in [0.2, 0.25) is 0 Å². The molecule has 4 aromatic heterocycles. The third-order valence-corrected chi connectivity index (χ3v) is 23.4. The molecule has 0 radical (unpaired) electrons. The second kappa shape index (κ2) is 31.0. The Morgan fingerprint density at radius 3 is 0.871 bits per heavy atom. The van der Waals surface area contributed by atoms with Gasteiger partial charge in [-0.15, -0.1) is 0 Å². The van der Waals surface area contributed by atoms with Gasteiger partial charge in [-0.25, -0.2) is 19.9 Å². The lowest BCUT2D eigenvalue weighted by Gasteiger charge is -2.32. The lowest BCUT2D eigenvalue weighted by atomic mass is 9.76. The maximum Gasteiger partial charge on any atom is 0.494 e. The Hall–Kier alpha value is -13.7. The number of rotatable bonds is 12. The van der Waals surface area contributed by atoms with Crippen molar-refractivity contribution in [3.63, 3.8) is 0 Å². The summed E-state index contributed by atoms with van der Waals surface area (Å²) in [6.45, 7) is 8.45. The van der Waals surface area contributed by atoms with Gasteiger partial charge in [0.25, 0.3) is 0 Å². The smallest absolute Gasteiger partial charge is 0.399 e. The normalized spacial score (nSPS) is 12.9. The molecular formula is C106H78BBrN6O2. The Kier molecular flexibility index (Phi) is 19.4. The minimum absolute atomic E-state index is 0.414. The topological polar surface area (TPSA) is 76.5 Å². The highest BCUT2D eigenvalue weighted by atomic mass is 79.9. The lowest BCUT2D eigenvalue weighted by molar-refractivity contribution is 0.00578. The molecule has 0 N–H and O–H groups in total. The molecule has 21 rings (SSSR count). The first-order chi connectivity index (χ1) is 57.0. The van der Waals surface area contributed by atoms with Crippen LogP contribution in [0.15, 0.2) is 405 Å². The van der Waals surface area contributed by atoms with Crippen LogP contribution >= 0.6 is 15.9 Å². The number of hydrogen-bond donors (Lipinski definition) is 0. The van der Waals surface area contributed by atoms with E-state index in [0.29, 0.717) is 0 Å². The molecule has 1 aliphatic rings. The molecule has 20 aromatic rings. The van der Waals surface area contributed by atoms with Crippen molar-refractivity contribution >= 4 is 149 Å². The van der Waals surface area contributed by atoms with Gasteiger partial charge in [0.05, 0.1) is 11.2 Å². The number of benzene rings is 16. The van der Waals surface area contributed by atoms with Gasteiger partial charge in [0, 0.05) is 40.6 Å². The largest absolute Gasteiger partial charge is 0.494 e. The average Bonchev–Trinajstić information content (AvgIpc) is 0.849. The molecule has 116 heavy (non-hydrogen) atoms. The number of nitrogens with zero attached hydrogens (tertiary/aromatic N) is 6. The van der Waals surface area contributed by atoms with Crippen LogP contribution in [0.25, 0.3) is 142 Å². The van der Waals surface area contributed by atoms with Gasteiger partial charge in [0.15, 0.2) is 0 Å². The highest BCUT2D eigenvalue weighted by Crippen LogP contribution is 2.51. The molecule has 1 aliphatic heterocycles. The van der Waals surface area contributed by atoms with Crippen molar-refractivity contribution in [2.24, 2.45) is 0 Å². The van der Waals surface area contributed by atoms with Crippen LogP contribution in [0.1, 0.15) is 27.7 Å². The Balaban J connectivity index is 0.000000127. The number of hydrogen-bond acceptors (Lipinski definition) is 8. The molecule has 0 aliphatic carbocycles. The van der Waals surface area contributed by atoms with Crippen LogP contribution in [0.3, 0.4) is 0 Å². The first kappa shape index (κ1) is 72.5. The van der Waals surface area contributed by atoms with Crippen LogP contribution < -0.4 is 15.3 Å². The Bertz CT molecular complexity index is 6940. The first-order valence-electron chi connectivity index (χ1n) is 39.3. The van der Waals surface area contributed by atoms with Crippen molar-refractivity contribution in [2.75, 3.05) is 9.80 Å². The van der Waals surface area contributed by atoms with Crippen molar-refractivity contribution in [3.8, 4) is 55.6 Å². The summed E-state index contributed by atoms with van der Waals surface area (Å²) in [6, 6.07) is 134. The number of fused-ring (bicyclic) bond motifs is 8. The molecule has 0 spiro atoms. The van der Waals surface area contributed by atoms with Gasteiger partial charge in [-0.05, 0) is 266 Å². The number of pyridine rings is 4. The summed E-state index contributed by atoms with van der Waals surface area (Å²) in [7, 11) is -0.442. The van der Waals surface area contributed by atoms with Gasteiger partial charge in [0.1, 0.15) is 23.3 Å². The third-order valence-electron chi connectivity index (χ3n) is 22.9. The first-order valence-corrected chi connectivity index (χ1v) is 40.1. The molecule has 1 saturated heterocycles. The van der Waals surface area contributed by atoms with Gasteiger partial charge in [0.2, 0.25) is 0 Å². The Morgan fingerprint density at radius 2 is 0.526 bits per heavy atom. The molecule has 0 saturated carbocycles. The number of anilines is 6. The molecule has 0 atom stereocenters. The molecule has 5 heterocycles. The maximum absolute atomic E-state index is 6.55. The van der Waals surface area contributed by atoms with Crippen LogP contribution in [-0.4, -0.2) is 38.3 Å². The summed E-state index contributed by atoms with van der Waals surface area (Å²) in [5.74, 6) is 3.32. The summed E-state index contributed by atoms with van der Waals surface area (Å²) in [6.07, 6.45) is 7.20. The van der Waals surface area contributed by atoms with E-state index in [0.717, 1.165) is 55.7 Å². The van der Waals surface area contributed by atoms with Crippen LogP contribution in [0.5, 0.6) is 0 Å². The van der Waals surface area contributed by atoms with Crippen molar-refractivity contribution in [1.29, 1.82) is 0 Å². The minimum atomic E-state index is -0.442. The van der Waals surface area contributed by atoms with Crippen LogP contribution in [0, 0.1) is 0 Å². The van der Waals surface area contributed by atoms with Crippen LogP contribution in [0.4, 0.5) is 34.6 Å². The van der Waals surface area contributed by atoms with E-state index >= 15 is 0 Å². The number of aromatic nitrogens is 4. The predicted molar refractivity (Wildman–Crippen MR) is 491 cm³/mol. The standard InChI is InChI=1S/C50H33N3.C40H33BO2.C16H12BrN3/c1-3-17-39-35(13-1)15-11-21-41(39)49-43-19-5-6-20-44(43)50(42-22-12-16-36-14-2-4-18-40(36)42)46-33-37(27-30-45(46)49)34-25-28-38(29-26-34)53(47-23-7-9-31-51-47)48-24-8-10-32-52-48;1-39(2)40(3,4)43-41(42-39)28-23-24-35-36(25-28)38(32-22-12-16-27-14-6-8-18-30(27)32)34-20-10-9-19-33(34)37(35)31-21-11-15-26-13-5-7-17-29(26)31;17-13-7-9-14(10-8-13)20(15-5-1-3-11-18-15)16-6-2-4-12-19-16/h1-33H;5-25H,1-4H3;1-12H. The van der Waals surface area contributed by atoms with Crippen LogP contribution in [-0.2, 0) is 9.31 Å². The van der Waals surface area contributed by atoms with Gasteiger partial charge >= 0.3 is 7.12 Å². The molecule has 8 nitrogen and oxygen atoms in total. The molecule has 16 aromatic carbocycles. The van der Waals surface area contributed by atoms with Gasteiger partial charge in [-0.3, -0.25) is 9.80 Å². The predicted octanol–water partition coefficient (Wildman–Crippen LogP) is 28.2. The zero-order valence-electron chi connectivity index (χ0n) is 64.6. The molecule has 554 valence electrons. The molecule has 1 fully saturated rings. The van der Waals surface area contributed by atoms with E-state index < -0.39 is 18.3 Å². The molecule has 0 amide bonds. The van der Waals surface area contributed by atoms with Gasteiger partial charge in [-0.1, -0.05) is 301 Å². The third kappa shape index (κ3) is 13.6. The fourth-order valence-electron chi connectivity index (χ4n) is 16.7. The fraction of sp³-hybridized carbons (Fsp3) is 0.0566. The van der Waals surface area contributed by atoms with Gasteiger partial charge in [-0.2, -0.15) is 0 Å². The second-order valence-corrected chi connectivity index (χ2v) is 31.2. The lowest BCUT2D eigenvalue weighted by Crippen LogP contribution is -2.41. The highest BCUT2D eigenvalue weighted by molar-refractivity contribution is 9.10. The van der Waals surface area contributed by atoms with E-state index in [1.165, 1.54) is 131 Å². The zero-order chi connectivity index (χ0) is 78.3. The van der Waals surface area contributed by atoms with E-state index in [9.17, 15) is 0 Å². The molecule has 10 heteroatoms. The monoisotopic (exact) mass is 1560 g/mol. The van der Waals surface area contributed by atoms with E-state index in [2.05, 4.69) is 348 Å². The SMILES string of the molecule is Brc1ccc(N(c2ccccn2)c2ccccn2)cc1.CC1(C)OB(c2ccc3c(-c4cccc5ccccc45)c4ccccc4c(-c4cccc5ccccc45)c3c2)OC1(C)C.c1ccc(N(c2ccc(-c3ccc4c(-c5cccc6ccccc56)c5ccccc5c(-c5cccc6ccccc56)c4c3)cc2)c2ccccn2)nc1. The Morgan fingerprint density at radius 1 is 0.250 bits per heavy atom. The van der Waals surface area contributed by atoms with Gasteiger partial charge < -0.3 is 9.31 Å². The summed E-state index contributed by atoms with van der Waals surface area (Å²) >= 11 is 3.46. The number of halogens is 1. The Labute approximate surface area is 683 Å². The highest BCUT2D eigenvalue weighted by Gasteiger charge is 2.52. The quantitative estimate of drug-likeness (QED) is 0.0885. The summed E-state index contributed by atoms with van der Waals surface area (Å²) in [5.41, 5.74) is 14.5. The van der Waals surface area contributed by atoms with Crippen molar-refractivity contribution < 1.29 is 9.31 Å². The van der Waals surface area contributed by atoms with Crippen molar-refractivity contribution in [3.05, 3.63) is 405 Å². The minimum Gasteiger partial charge on any atom is -0.399 e. The fourth-order valence-corrected chi connectivity index (χ4v) is 17.0. The van der Waals surface area contributed by atoms with E-state index in [1.54, 1.807) is 12.4 Å². The average molecular weight is 1560 g/mol. The zero-order valence-corrected chi connectivity index (χ0v) is 66.1. The van der Waals surface area contributed by atoms with E-state index in [1.807, 2.05) is 114 Å². The van der Waals surface area contributed by atoms with E-state index in [-0.39, 0.29) is 0 Å². The second-order valence-electron chi connectivity index (χ2n) is 30.3. The van der Waals surface area contributed by atoms with Crippen molar-refractivity contribution in [2.45, 2.75) is 38.9 Å². The summed E-state index contributed by atoms with van der Waals surface area (Å²) in [4.78, 5) is 22.3. The molecular weight excluding hydrogens is 1480 g/mol. The van der Waals surface area contributed by atoms with E-state index in [4.69, 9.17) is 9.31 Å². The van der Waals surface area contributed by atoms with Crippen molar-refractivity contribution in [1.82, 2.24) is 19.9 Å². The molecule has 0 unspecified atom stereocenters. The molecule has 0 bridgehead atoms. The summed E-state index contributed by atoms with van der Waals surface area (Å²) < 4.78 is 14.1. The summed E-state index contributed by atoms with van der Waals surface area (Å²) in [5, 5.41) is 19.8. The maximum atomic E-state index is 6.55.